The van der Waals surface area contributed by atoms with E-state index in [0.717, 1.165) is 12.8 Å². The van der Waals surface area contributed by atoms with Crippen LogP contribution in [0.15, 0.2) is 24.3 Å². The number of anilines is 1. The molecule has 168 valence electrons. The van der Waals surface area contributed by atoms with Gasteiger partial charge < -0.3 is 25.3 Å². The molecule has 3 rings (SSSR count). The molecule has 1 aromatic carbocycles. The maximum Gasteiger partial charge on any atom is 0.321 e. The smallest absolute Gasteiger partial charge is 0.321 e. The third kappa shape index (κ3) is 5.96. The Morgan fingerprint density at radius 3 is 1.94 bits per heavy atom. The highest BCUT2D eigenvalue weighted by atomic mass is 16.2. The molecule has 0 aromatic heterocycles. The molecule has 0 unspecified atom stereocenters. The van der Waals surface area contributed by atoms with E-state index >= 15 is 0 Å². The van der Waals surface area contributed by atoms with Gasteiger partial charge in [0.1, 0.15) is 0 Å². The second-order valence-electron chi connectivity index (χ2n) is 8.99. The minimum absolute atomic E-state index is 0.210. The molecule has 1 aromatic rings. The molecule has 9 heteroatoms. The van der Waals surface area contributed by atoms with E-state index in [1.54, 1.807) is 34.1 Å². The zero-order valence-electron chi connectivity index (χ0n) is 18.4. The van der Waals surface area contributed by atoms with Crippen LogP contribution >= 0.6 is 0 Å². The van der Waals surface area contributed by atoms with Gasteiger partial charge in [0.15, 0.2) is 0 Å². The lowest BCUT2D eigenvalue weighted by atomic mass is 10.1. The Kier molecular flexibility index (Phi) is 6.82. The van der Waals surface area contributed by atoms with Gasteiger partial charge in [0.25, 0.3) is 5.91 Å². The van der Waals surface area contributed by atoms with Gasteiger partial charge in [-0.2, -0.15) is 0 Å². The second-order valence-corrected chi connectivity index (χ2v) is 8.99. The molecule has 2 saturated heterocycles. The molecule has 9 nitrogen and oxygen atoms in total. The standard InChI is InChI=1S/C22H31N5O4/c1-22(2,3)24-18(28)16-7-6-8-17(15-16)23-21(31)27-13-11-26(12-14-27)20(30)19(29)25-9-4-5-10-25/h6-8,15H,4-5,9-14H2,1-3H3,(H,23,31)(H,24,28). The third-order valence-corrected chi connectivity index (χ3v) is 5.29. The van der Waals surface area contributed by atoms with E-state index in [4.69, 9.17) is 0 Å². The summed E-state index contributed by atoms with van der Waals surface area (Å²) in [5.41, 5.74) is 0.627. The van der Waals surface area contributed by atoms with E-state index in [9.17, 15) is 19.2 Å². The van der Waals surface area contributed by atoms with Crippen molar-refractivity contribution < 1.29 is 19.2 Å². The van der Waals surface area contributed by atoms with E-state index in [2.05, 4.69) is 10.6 Å². The van der Waals surface area contributed by atoms with Crippen LogP contribution in [0.3, 0.4) is 0 Å². The van der Waals surface area contributed by atoms with Crippen LogP contribution in [0.1, 0.15) is 44.0 Å². The number of nitrogens with zero attached hydrogens (tertiary/aromatic N) is 3. The lowest BCUT2D eigenvalue weighted by Gasteiger charge is -2.35. The van der Waals surface area contributed by atoms with Gasteiger partial charge in [-0.05, 0) is 51.8 Å². The summed E-state index contributed by atoms with van der Waals surface area (Å²) in [7, 11) is 0. The van der Waals surface area contributed by atoms with Gasteiger partial charge in [0.2, 0.25) is 0 Å². The number of rotatable bonds is 2. The van der Waals surface area contributed by atoms with Crippen molar-refractivity contribution in [2.75, 3.05) is 44.6 Å². The SMILES string of the molecule is CC(C)(C)NC(=O)c1cccc(NC(=O)N2CCN(C(=O)C(=O)N3CCCC3)CC2)c1. The quantitative estimate of drug-likeness (QED) is 0.696. The summed E-state index contributed by atoms with van der Waals surface area (Å²) in [6.07, 6.45) is 1.87. The van der Waals surface area contributed by atoms with Crippen LogP contribution in [-0.2, 0) is 9.59 Å². The van der Waals surface area contributed by atoms with Gasteiger partial charge in [0.05, 0.1) is 0 Å². The molecule has 2 fully saturated rings. The molecule has 2 N–H and O–H groups in total. The van der Waals surface area contributed by atoms with E-state index in [1.165, 1.54) is 4.90 Å². The molecule has 31 heavy (non-hydrogen) atoms. The molecule has 0 radical (unpaired) electrons. The van der Waals surface area contributed by atoms with Crippen LogP contribution in [0, 0.1) is 0 Å². The van der Waals surface area contributed by atoms with Crippen LogP contribution in [-0.4, -0.2) is 83.3 Å². The number of benzene rings is 1. The van der Waals surface area contributed by atoms with Crippen LogP contribution in [0.5, 0.6) is 0 Å². The summed E-state index contributed by atoms with van der Waals surface area (Å²) in [5.74, 6) is -1.14. The molecular formula is C22H31N5O4. The van der Waals surface area contributed by atoms with Gasteiger partial charge in [0, 0.05) is 56.1 Å². The van der Waals surface area contributed by atoms with E-state index in [1.807, 2.05) is 20.8 Å². The van der Waals surface area contributed by atoms with Crippen molar-refractivity contribution in [3.8, 4) is 0 Å². The van der Waals surface area contributed by atoms with Crippen molar-refractivity contribution in [2.24, 2.45) is 0 Å². The van der Waals surface area contributed by atoms with Gasteiger partial charge >= 0.3 is 17.8 Å². The van der Waals surface area contributed by atoms with E-state index in [-0.39, 0.29) is 17.5 Å². The van der Waals surface area contributed by atoms with E-state index in [0.29, 0.717) is 50.5 Å². The number of hydrogen-bond donors (Lipinski definition) is 2. The molecule has 2 aliphatic heterocycles. The monoisotopic (exact) mass is 429 g/mol. The van der Waals surface area contributed by atoms with Crippen molar-refractivity contribution in [2.45, 2.75) is 39.2 Å². The predicted molar refractivity (Wildman–Crippen MR) is 117 cm³/mol. The van der Waals surface area contributed by atoms with Crippen LogP contribution < -0.4 is 10.6 Å². The minimum atomic E-state index is -0.487. The van der Waals surface area contributed by atoms with Crippen molar-refractivity contribution >= 4 is 29.4 Å². The molecule has 2 heterocycles. The summed E-state index contributed by atoms with van der Waals surface area (Å²) in [6, 6.07) is 6.46. The molecule has 0 spiro atoms. The Balaban J connectivity index is 1.52. The van der Waals surface area contributed by atoms with Gasteiger partial charge in [-0.25, -0.2) is 4.79 Å². The number of carbonyl (C=O) groups is 4. The normalized spacial score (nSPS) is 16.8. The van der Waals surface area contributed by atoms with Crippen LogP contribution in [0.25, 0.3) is 0 Å². The Labute approximate surface area is 182 Å². The molecule has 0 aliphatic carbocycles. The average molecular weight is 430 g/mol. The number of carbonyl (C=O) groups excluding carboxylic acids is 4. The first-order valence-electron chi connectivity index (χ1n) is 10.7. The maximum atomic E-state index is 12.6. The van der Waals surface area contributed by atoms with Gasteiger partial charge in [-0.3, -0.25) is 14.4 Å². The van der Waals surface area contributed by atoms with Crippen molar-refractivity contribution in [3.63, 3.8) is 0 Å². The zero-order valence-corrected chi connectivity index (χ0v) is 18.4. The Morgan fingerprint density at radius 1 is 0.806 bits per heavy atom. The summed E-state index contributed by atoms with van der Waals surface area (Å²) in [4.78, 5) is 54.4. The molecule has 0 atom stereocenters. The Hall–Kier alpha value is -3.10. The second kappa shape index (κ2) is 9.36. The highest BCUT2D eigenvalue weighted by Crippen LogP contribution is 2.14. The largest absolute Gasteiger partial charge is 0.347 e. The summed E-state index contributed by atoms with van der Waals surface area (Å²) >= 11 is 0. The summed E-state index contributed by atoms with van der Waals surface area (Å²) < 4.78 is 0. The summed E-state index contributed by atoms with van der Waals surface area (Å²) in [5, 5.41) is 5.70. The number of amides is 5. The first kappa shape index (κ1) is 22.6. The van der Waals surface area contributed by atoms with E-state index < -0.39 is 11.8 Å². The fourth-order valence-electron chi connectivity index (χ4n) is 3.66. The van der Waals surface area contributed by atoms with Crippen molar-refractivity contribution in [1.82, 2.24) is 20.0 Å². The molecule has 0 saturated carbocycles. The van der Waals surface area contributed by atoms with Gasteiger partial charge in [-0.15, -0.1) is 0 Å². The number of piperazine rings is 1. The number of hydrogen-bond acceptors (Lipinski definition) is 4. The molecular weight excluding hydrogens is 398 g/mol. The lowest BCUT2D eigenvalue weighted by Crippen LogP contribution is -2.54. The molecule has 2 aliphatic rings. The average Bonchev–Trinajstić information content (AvgIpc) is 3.26. The highest BCUT2D eigenvalue weighted by Gasteiger charge is 2.31. The number of likely N-dealkylation sites (tertiary alicyclic amines) is 1. The zero-order chi connectivity index (χ0) is 22.6. The Morgan fingerprint density at radius 2 is 1.35 bits per heavy atom. The number of nitrogens with one attached hydrogen (secondary N) is 2. The highest BCUT2D eigenvalue weighted by molar-refractivity contribution is 6.35. The fourth-order valence-corrected chi connectivity index (χ4v) is 3.66. The van der Waals surface area contributed by atoms with Gasteiger partial charge in [-0.1, -0.05) is 6.07 Å². The summed E-state index contributed by atoms with van der Waals surface area (Å²) in [6.45, 7) is 8.31. The topological polar surface area (TPSA) is 102 Å². The fraction of sp³-hybridized carbons (Fsp3) is 0.545. The minimum Gasteiger partial charge on any atom is -0.347 e. The number of urea groups is 1. The first-order valence-corrected chi connectivity index (χ1v) is 10.7. The van der Waals surface area contributed by atoms with Crippen molar-refractivity contribution in [1.29, 1.82) is 0 Å². The first-order chi connectivity index (χ1) is 14.6. The Bertz CT molecular complexity index is 850. The lowest BCUT2D eigenvalue weighted by molar-refractivity contribution is -0.152. The van der Waals surface area contributed by atoms with Crippen LogP contribution in [0.4, 0.5) is 10.5 Å². The van der Waals surface area contributed by atoms with Crippen molar-refractivity contribution in [3.05, 3.63) is 29.8 Å². The third-order valence-electron chi connectivity index (χ3n) is 5.29. The van der Waals surface area contributed by atoms with Crippen LogP contribution in [0.2, 0.25) is 0 Å². The predicted octanol–water partition coefficient (Wildman–Crippen LogP) is 1.51. The molecule has 5 amide bonds. The maximum absolute atomic E-state index is 12.6. The molecule has 0 bridgehead atoms.